The van der Waals surface area contributed by atoms with Gasteiger partial charge in [0.1, 0.15) is 13.2 Å². The lowest BCUT2D eigenvalue weighted by Gasteiger charge is -2.19. The molecule has 1 aliphatic heterocycles. The number of carbonyl (C=O) groups is 1. The first kappa shape index (κ1) is 22.3. The van der Waals surface area contributed by atoms with Crippen LogP contribution >= 0.6 is 0 Å². The maximum Gasteiger partial charge on any atom is 0.263 e. The van der Waals surface area contributed by atoms with E-state index >= 15 is 0 Å². The van der Waals surface area contributed by atoms with E-state index in [9.17, 15) is 9.59 Å². The first-order valence-electron chi connectivity index (χ1n) is 11.1. The molecule has 3 aromatic carbocycles. The zero-order valence-corrected chi connectivity index (χ0v) is 19.6. The number of anilines is 1. The van der Waals surface area contributed by atoms with Gasteiger partial charge in [0, 0.05) is 29.0 Å². The Balaban J connectivity index is 1.66. The number of aromatic nitrogens is 1. The van der Waals surface area contributed by atoms with Crippen LogP contribution in [0.1, 0.15) is 15.9 Å². The molecular formula is C27H24N2O6. The molecule has 1 aromatic heterocycles. The van der Waals surface area contributed by atoms with Crippen molar-refractivity contribution in [2.24, 2.45) is 0 Å². The highest BCUT2D eigenvalue weighted by atomic mass is 16.6. The molecule has 2 heterocycles. The number of aryl methyl sites for hydroxylation is 1. The average molecular weight is 472 g/mol. The van der Waals surface area contributed by atoms with Crippen LogP contribution in [0.3, 0.4) is 0 Å². The third-order valence-electron chi connectivity index (χ3n) is 5.88. The SMILES string of the molecule is COc1cc2c(C(=O)Nc3ccc4c(c3)OCCO4)cn(-c3ccc(C)cc3)c(=O)c2cc1OC. The number of nitrogens with zero attached hydrogens (tertiary/aromatic N) is 1. The van der Waals surface area contributed by atoms with Gasteiger partial charge in [-0.25, -0.2) is 0 Å². The van der Waals surface area contributed by atoms with Crippen LogP contribution in [-0.4, -0.2) is 37.9 Å². The minimum atomic E-state index is -0.389. The van der Waals surface area contributed by atoms with Crippen molar-refractivity contribution in [1.29, 1.82) is 0 Å². The van der Waals surface area contributed by atoms with Gasteiger partial charge >= 0.3 is 0 Å². The molecule has 35 heavy (non-hydrogen) atoms. The van der Waals surface area contributed by atoms with Gasteiger partial charge in [-0.2, -0.15) is 0 Å². The molecule has 8 heteroatoms. The van der Waals surface area contributed by atoms with Crippen molar-refractivity contribution >= 4 is 22.4 Å². The summed E-state index contributed by atoms with van der Waals surface area (Å²) in [5.41, 5.74) is 2.27. The number of hydrogen-bond donors (Lipinski definition) is 1. The van der Waals surface area contributed by atoms with E-state index in [-0.39, 0.29) is 11.5 Å². The number of nitrogens with one attached hydrogen (secondary N) is 1. The number of pyridine rings is 1. The molecular weight excluding hydrogens is 448 g/mol. The summed E-state index contributed by atoms with van der Waals surface area (Å²) in [6.07, 6.45) is 1.55. The molecule has 5 rings (SSSR count). The fourth-order valence-electron chi connectivity index (χ4n) is 4.06. The molecule has 0 saturated carbocycles. The summed E-state index contributed by atoms with van der Waals surface area (Å²) in [4.78, 5) is 27.0. The third-order valence-corrected chi connectivity index (χ3v) is 5.88. The molecule has 1 N–H and O–H groups in total. The zero-order chi connectivity index (χ0) is 24.5. The highest BCUT2D eigenvalue weighted by Gasteiger charge is 2.20. The Morgan fingerprint density at radius 3 is 2.23 bits per heavy atom. The molecule has 0 radical (unpaired) electrons. The Morgan fingerprint density at radius 2 is 1.54 bits per heavy atom. The maximum atomic E-state index is 13.5. The molecule has 1 aliphatic rings. The van der Waals surface area contributed by atoms with Crippen molar-refractivity contribution in [3.05, 3.63) is 82.3 Å². The normalized spacial score (nSPS) is 12.3. The van der Waals surface area contributed by atoms with Crippen LogP contribution in [-0.2, 0) is 0 Å². The topological polar surface area (TPSA) is 88.0 Å². The highest BCUT2D eigenvalue weighted by molar-refractivity contribution is 6.13. The molecule has 0 aliphatic carbocycles. The Labute approximate surface area is 201 Å². The number of ether oxygens (including phenoxy) is 4. The molecule has 0 spiro atoms. The summed E-state index contributed by atoms with van der Waals surface area (Å²) in [5, 5.41) is 3.69. The van der Waals surface area contributed by atoms with E-state index in [0.717, 1.165) is 5.56 Å². The monoisotopic (exact) mass is 472 g/mol. The van der Waals surface area contributed by atoms with Crippen molar-refractivity contribution in [3.8, 4) is 28.7 Å². The predicted octanol–water partition coefficient (Wildman–Crippen LogP) is 4.34. The summed E-state index contributed by atoms with van der Waals surface area (Å²) in [5.74, 6) is 1.62. The van der Waals surface area contributed by atoms with Crippen LogP contribution in [0, 0.1) is 6.92 Å². The quantitative estimate of drug-likeness (QED) is 0.465. The van der Waals surface area contributed by atoms with Crippen molar-refractivity contribution in [3.63, 3.8) is 0 Å². The van der Waals surface area contributed by atoms with E-state index in [2.05, 4.69) is 5.32 Å². The van der Waals surface area contributed by atoms with Crippen LogP contribution in [0.15, 0.2) is 65.6 Å². The molecule has 4 aromatic rings. The molecule has 0 fully saturated rings. The minimum Gasteiger partial charge on any atom is -0.493 e. The van der Waals surface area contributed by atoms with Crippen LogP contribution in [0.25, 0.3) is 16.5 Å². The fraction of sp³-hybridized carbons (Fsp3) is 0.185. The van der Waals surface area contributed by atoms with Crippen LogP contribution in [0.4, 0.5) is 5.69 Å². The second-order valence-corrected chi connectivity index (χ2v) is 8.12. The van der Waals surface area contributed by atoms with Gasteiger partial charge in [-0.15, -0.1) is 0 Å². The fourth-order valence-corrected chi connectivity index (χ4v) is 4.06. The van der Waals surface area contributed by atoms with Gasteiger partial charge < -0.3 is 24.3 Å². The largest absolute Gasteiger partial charge is 0.493 e. The Morgan fingerprint density at radius 1 is 0.886 bits per heavy atom. The molecule has 0 saturated heterocycles. The second-order valence-electron chi connectivity index (χ2n) is 8.12. The molecule has 1 amide bonds. The Kier molecular flexibility index (Phi) is 5.78. The van der Waals surface area contributed by atoms with Gasteiger partial charge in [-0.1, -0.05) is 17.7 Å². The smallest absolute Gasteiger partial charge is 0.263 e. The van der Waals surface area contributed by atoms with E-state index < -0.39 is 0 Å². The molecule has 0 unspecified atom stereocenters. The number of carbonyl (C=O) groups excluding carboxylic acids is 1. The van der Waals surface area contributed by atoms with Gasteiger partial charge in [0.2, 0.25) is 0 Å². The second kappa shape index (κ2) is 9.06. The van der Waals surface area contributed by atoms with E-state index in [1.165, 1.54) is 18.8 Å². The number of methoxy groups -OCH3 is 2. The maximum absolute atomic E-state index is 13.5. The lowest BCUT2D eigenvalue weighted by atomic mass is 10.0. The van der Waals surface area contributed by atoms with Crippen molar-refractivity contribution in [1.82, 2.24) is 4.57 Å². The summed E-state index contributed by atoms with van der Waals surface area (Å²) in [6, 6.07) is 16.0. The standard InChI is InChI=1S/C27H24N2O6/c1-16-4-7-18(8-5-16)29-15-21(19-13-23(32-2)24(33-3)14-20(19)27(29)31)26(30)28-17-6-9-22-25(12-17)35-11-10-34-22/h4-9,12-15H,10-11H2,1-3H3,(H,28,30). The molecule has 178 valence electrons. The van der Waals surface area contributed by atoms with Gasteiger partial charge in [-0.05, 0) is 43.3 Å². The minimum absolute atomic E-state index is 0.277. The summed E-state index contributed by atoms with van der Waals surface area (Å²) in [6.45, 7) is 2.89. The Hall–Kier alpha value is -4.46. The van der Waals surface area contributed by atoms with Crippen LogP contribution in [0.2, 0.25) is 0 Å². The lowest BCUT2D eigenvalue weighted by Crippen LogP contribution is -2.23. The third kappa shape index (κ3) is 4.14. The average Bonchev–Trinajstić information content (AvgIpc) is 2.88. The predicted molar refractivity (Wildman–Crippen MR) is 133 cm³/mol. The first-order valence-corrected chi connectivity index (χ1v) is 11.1. The van der Waals surface area contributed by atoms with Crippen molar-refractivity contribution < 1.29 is 23.7 Å². The van der Waals surface area contributed by atoms with Gasteiger partial charge in [0.25, 0.3) is 11.5 Å². The molecule has 0 atom stereocenters. The summed E-state index contributed by atoms with van der Waals surface area (Å²) < 4.78 is 23.5. The van der Waals surface area contributed by atoms with E-state index in [1.807, 2.05) is 31.2 Å². The lowest BCUT2D eigenvalue weighted by molar-refractivity contribution is 0.102. The van der Waals surface area contributed by atoms with Crippen LogP contribution in [0.5, 0.6) is 23.0 Å². The van der Waals surface area contributed by atoms with Crippen molar-refractivity contribution in [2.75, 3.05) is 32.8 Å². The van der Waals surface area contributed by atoms with Gasteiger partial charge in [0.05, 0.1) is 25.2 Å². The van der Waals surface area contributed by atoms with Crippen molar-refractivity contribution in [2.45, 2.75) is 6.92 Å². The number of hydrogen-bond acceptors (Lipinski definition) is 6. The zero-order valence-electron chi connectivity index (χ0n) is 19.6. The van der Waals surface area contributed by atoms with E-state index in [0.29, 0.717) is 63.9 Å². The van der Waals surface area contributed by atoms with Gasteiger partial charge in [-0.3, -0.25) is 14.2 Å². The first-order chi connectivity index (χ1) is 17.0. The van der Waals surface area contributed by atoms with E-state index in [1.54, 1.807) is 36.5 Å². The summed E-state index contributed by atoms with van der Waals surface area (Å²) in [7, 11) is 3.01. The highest BCUT2D eigenvalue weighted by Crippen LogP contribution is 2.35. The molecule has 8 nitrogen and oxygen atoms in total. The number of benzene rings is 3. The molecule has 0 bridgehead atoms. The number of amides is 1. The van der Waals surface area contributed by atoms with Gasteiger partial charge in [0.15, 0.2) is 23.0 Å². The van der Waals surface area contributed by atoms with Crippen LogP contribution < -0.4 is 29.8 Å². The number of fused-ring (bicyclic) bond motifs is 2. The Bertz CT molecular complexity index is 1490. The van der Waals surface area contributed by atoms with E-state index in [4.69, 9.17) is 18.9 Å². The number of rotatable bonds is 5. The summed E-state index contributed by atoms with van der Waals surface area (Å²) >= 11 is 0.